The fourth-order valence-electron chi connectivity index (χ4n) is 2.58. The zero-order valence-electron chi connectivity index (χ0n) is 14.6. The van der Waals surface area contributed by atoms with Crippen molar-refractivity contribution < 1.29 is 19.4 Å². The van der Waals surface area contributed by atoms with Crippen LogP contribution in [-0.2, 0) is 27.5 Å². The first-order valence-corrected chi connectivity index (χ1v) is 8.73. The van der Waals surface area contributed by atoms with Crippen molar-refractivity contribution in [3.8, 4) is 0 Å². The van der Waals surface area contributed by atoms with Gasteiger partial charge in [0, 0.05) is 0 Å². The van der Waals surface area contributed by atoms with E-state index >= 15 is 0 Å². The Morgan fingerprint density at radius 1 is 0.880 bits per heavy atom. The average Bonchev–Trinajstić information content (AvgIpc) is 2.65. The van der Waals surface area contributed by atoms with E-state index in [9.17, 15) is 9.90 Å². The van der Waals surface area contributed by atoms with Crippen molar-refractivity contribution in [3.63, 3.8) is 0 Å². The molecule has 0 fully saturated rings. The van der Waals surface area contributed by atoms with Crippen LogP contribution in [0.3, 0.4) is 0 Å². The first kappa shape index (κ1) is 19.2. The Balaban J connectivity index is 1.90. The number of rotatable bonds is 11. The SMILES string of the molecule is CC[C@@H](CCC(OCc1ccccc1)OCc1ccccc1)C(=O)O. The molecule has 0 saturated carbocycles. The monoisotopic (exact) mass is 342 g/mol. The summed E-state index contributed by atoms with van der Waals surface area (Å²) < 4.78 is 11.8. The largest absolute Gasteiger partial charge is 0.481 e. The molecule has 0 bridgehead atoms. The van der Waals surface area contributed by atoms with Gasteiger partial charge in [0.25, 0.3) is 0 Å². The highest BCUT2D eigenvalue weighted by Gasteiger charge is 2.19. The topological polar surface area (TPSA) is 55.8 Å². The first-order valence-electron chi connectivity index (χ1n) is 8.73. The fraction of sp³-hybridized carbons (Fsp3) is 0.381. The number of carboxylic acids is 1. The highest BCUT2D eigenvalue weighted by molar-refractivity contribution is 5.69. The van der Waals surface area contributed by atoms with Gasteiger partial charge in [-0.1, -0.05) is 67.6 Å². The van der Waals surface area contributed by atoms with Crippen LogP contribution >= 0.6 is 0 Å². The third-order valence-corrected chi connectivity index (χ3v) is 4.15. The van der Waals surface area contributed by atoms with E-state index in [-0.39, 0.29) is 5.92 Å². The standard InChI is InChI=1S/C21H26O4/c1-2-19(21(22)23)13-14-20(24-15-17-9-5-3-6-10-17)25-16-18-11-7-4-8-12-18/h3-12,19-20H,2,13-16H2,1H3,(H,22,23)/t19-/m0/s1. The zero-order valence-corrected chi connectivity index (χ0v) is 14.6. The molecule has 0 aliphatic heterocycles. The van der Waals surface area contributed by atoms with Gasteiger partial charge in [-0.15, -0.1) is 0 Å². The molecule has 0 heterocycles. The quantitative estimate of drug-likeness (QED) is 0.605. The number of ether oxygens (including phenoxy) is 2. The van der Waals surface area contributed by atoms with Crippen LogP contribution in [0.2, 0.25) is 0 Å². The zero-order chi connectivity index (χ0) is 17.9. The Kier molecular flexibility index (Phi) is 8.16. The summed E-state index contributed by atoms with van der Waals surface area (Å²) in [5.41, 5.74) is 2.14. The summed E-state index contributed by atoms with van der Waals surface area (Å²) in [6.45, 7) is 2.79. The van der Waals surface area contributed by atoms with Gasteiger partial charge in [0.05, 0.1) is 19.1 Å². The summed E-state index contributed by atoms with van der Waals surface area (Å²) >= 11 is 0. The summed E-state index contributed by atoms with van der Waals surface area (Å²) in [5.74, 6) is -1.12. The Labute approximate surface area is 149 Å². The summed E-state index contributed by atoms with van der Waals surface area (Å²) in [6, 6.07) is 19.8. The maximum Gasteiger partial charge on any atom is 0.306 e. The molecule has 0 saturated heterocycles. The molecule has 0 unspecified atom stereocenters. The van der Waals surface area contributed by atoms with E-state index in [1.807, 2.05) is 67.6 Å². The van der Waals surface area contributed by atoms with Gasteiger partial charge >= 0.3 is 5.97 Å². The number of carboxylic acid groups (broad SMARTS) is 1. The van der Waals surface area contributed by atoms with Crippen LogP contribution in [-0.4, -0.2) is 17.4 Å². The smallest absolute Gasteiger partial charge is 0.306 e. The van der Waals surface area contributed by atoms with Gasteiger partial charge in [-0.25, -0.2) is 0 Å². The van der Waals surface area contributed by atoms with E-state index in [1.54, 1.807) is 0 Å². The molecule has 4 nitrogen and oxygen atoms in total. The highest BCUT2D eigenvalue weighted by Crippen LogP contribution is 2.18. The second kappa shape index (κ2) is 10.6. The Bertz CT molecular complexity index is 569. The number of hydrogen-bond acceptors (Lipinski definition) is 3. The molecule has 25 heavy (non-hydrogen) atoms. The van der Waals surface area contributed by atoms with E-state index in [4.69, 9.17) is 9.47 Å². The van der Waals surface area contributed by atoms with Gasteiger partial charge in [-0.3, -0.25) is 4.79 Å². The second-order valence-corrected chi connectivity index (χ2v) is 6.04. The lowest BCUT2D eigenvalue weighted by Gasteiger charge is -2.20. The number of hydrogen-bond donors (Lipinski definition) is 1. The molecule has 0 aliphatic rings. The molecular formula is C21H26O4. The lowest BCUT2D eigenvalue weighted by atomic mass is 10.0. The van der Waals surface area contributed by atoms with Gasteiger partial charge in [0.15, 0.2) is 6.29 Å². The molecule has 0 radical (unpaired) electrons. The van der Waals surface area contributed by atoms with Crippen LogP contribution in [0.25, 0.3) is 0 Å². The molecule has 0 spiro atoms. The van der Waals surface area contributed by atoms with Crippen molar-refractivity contribution in [1.29, 1.82) is 0 Å². The molecule has 0 amide bonds. The van der Waals surface area contributed by atoms with Crippen molar-refractivity contribution in [1.82, 2.24) is 0 Å². The van der Waals surface area contributed by atoms with Crippen LogP contribution < -0.4 is 0 Å². The first-order chi connectivity index (χ1) is 12.2. The molecule has 2 aromatic rings. The Morgan fingerprint density at radius 3 is 1.76 bits per heavy atom. The number of aliphatic carboxylic acids is 1. The normalized spacial score (nSPS) is 12.2. The van der Waals surface area contributed by atoms with E-state index in [2.05, 4.69) is 0 Å². The minimum atomic E-state index is -0.757. The molecule has 134 valence electrons. The number of benzene rings is 2. The highest BCUT2D eigenvalue weighted by atomic mass is 16.7. The fourth-order valence-corrected chi connectivity index (χ4v) is 2.58. The molecular weight excluding hydrogens is 316 g/mol. The molecule has 2 aromatic carbocycles. The van der Waals surface area contributed by atoms with Crippen molar-refractivity contribution >= 4 is 5.97 Å². The summed E-state index contributed by atoms with van der Waals surface area (Å²) in [6.07, 6.45) is 1.29. The third kappa shape index (κ3) is 7.08. The van der Waals surface area contributed by atoms with Crippen molar-refractivity contribution in [2.45, 2.75) is 45.7 Å². The second-order valence-electron chi connectivity index (χ2n) is 6.04. The maximum absolute atomic E-state index is 11.2. The van der Waals surface area contributed by atoms with E-state index in [0.29, 0.717) is 32.5 Å². The minimum absolute atomic E-state index is 0.358. The van der Waals surface area contributed by atoms with Crippen molar-refractivity contribution in [2.24, 2.45) is 5.92 Å². The summed E-state index contributed by atoms with van der Waals surface area (Å²) in [5, 5.41) is 9.22. The van der Waals surface area contributed by atoms with E-state index in [0.717, 1.165) is 11.1 Å². The van der Waals surface area contributed by atoms with Gasteiger partial charge in [0.1, 0.15) is 0 Å². The maximum atomic E-state index is 11.2. The van der Waals surface area contributed by atoms with Crippen molar-refractivity contribution in [3.05, 3.63) is 71.8 Å². The Morgan fingerprint density at radius 2 is 1.36 bits per heavy atom. The molecule has 0 aromatic heterocycles. The van der Waals surface area contributed by atoms with Gasteiger partial charge in [-0.2, -0.15) is 0 Å². The van der Waals surface area contributed by atoms with Gasteiger partial charge in [0.2, 0.25) is 0 Å². The molecule has 4 heteroatoms. The lowest BCUT2D eigenvalue weighted by Crippen LogP contribution is -2.21. The van der Waals surface area contributed by atoms with Gasteiger partial charge < -0.3 is 14.6 Å². The van der Waals surface area contributed by atoms with Gasteiger partial charge in [-0.05, 0) is 30.4 Å². The summed E-state index contributed by atoms with van der Waals surface area (Å²) in [4.78, 5) is 11.2. The molecule has 0 aliphatic carbocycles. The summed E-state index contributed by atoms with van der Waals surface area (Å²) in [7, 11) is 0. The van der Waals surface area contributed by atoms with Crippen molar-refractivity contribution in [2.75, 3.05) is 0 Å². The van der Waals surface area contributed by atoms with E-state index < -0.39 is 12.3 Å². The van der Waals surface area contributed by atoms with E-state index in [1.165, 1.54) is 0 Å². The van der Waals surface area contributed by atoms with Crippen LogP contribution in [0.5, 0.6) is 0 Å². The van der Waals surface area contributed by atoms with Crippen LogP contribution in [0.1, 0.15) is 37.3 Å². The molecule has 1 N–H and O–H groups in total. The average molecular weight is 342 g/mol. The van der Waals surface area contributed by atoms with Crippen LogP contribution in [0, 0.1) is 5.92 Å². The minimum Gasteiger partial charge on any atom is -0.481 e. The molecule has 1 atom stereocenters. The number of carbonyl (C=O) groups is 1. The lowest BCUT2D eigenvalue weighted by molar-refractivity contribution is -0.164. The third-order valence-electron chi connectivity index (χ3n) is 4.15. The Hall–Kier alpha value is -2.17. The predicted molar refractivity (Wildman–Crippen MR) is 96.9 cm³/mol. The predicted octanol–water partition coefficient (Wildman–Crippen LogP) is 4.64. The van der Waals surface area contributed by atoms with Crippen LogP contribution in [0.4, 0.5) is 0 Å². The van der Waals surface area contributed by atoms with Crippen LogP contribution in [0.15, 0.2) is 60.7 Å². The molecule has 2 rings (SSSR count).